The molecule has 148 valence electrons. The number of carbonyl (C=O) groups excluding carboxylic acids is 1. The Morgan fingerprint density at radius 1 is 1.26 bits per heavy atom. The van der Waals surface area contributed by atoms with Gasteiger partial charge >= 0.3 is 11.9 Å². The topological polar surface area (TPSA) is 81.4 Å². The largest absolute Gasteiger partial charge is 0.480 e. The molecule has 2 aromatic rings. The maximum absolute atomic E-state index is 12.0. The lowest BCUT2D eigenvalue weighted by Gasteiger charge is -2.29. The molecular weight excluding hydrogens is 364 g/mol. The van der Waals surface area contributed by atoms with E-state index in [1.165, 1.54) is 11.8 Å². The maximum Gasteiger partial charge on any atom is 0.327 e. The third-order valence-corrected chi connectivity index (χ3v) is 5.23. The van der Waals surface area contributed by atoms with Crippen molar-refractivity contribution >= 4 is 34.7 Å². The number of imidazole rings is 1. The highest BCUT2D eigenvalue weighted by molar-refractivity contribution is 7.99. The molecule has 0 aliphatic rings. The zero-order valence-corrected chi connectivity index (χ0v) is 17.2. The summed E-state index contributed by atoms with van der Waals surface area (Å²) in [6.07, 6.45) is 1.98. The number of ether oxygens (including phenoxy) is 1. The first-order valence-corrected chi connectivity index (χ1v) is 10.2. The van der Waals surface area contributed by atoms with Gasteiger partial charge in [0.05, 0.1) is 17.6 Å². The Morgan fingerprint density at radius 2 is 1.96 bits per heavy atom. The minimum atomic E-state index is -0.866. The highest BCUT2D eigenvalue weighted by Crippen LogP contribution is 2.37. The second kappa shape index (κ2) is 9.26. The number of unbranched alkanes of at least 4 members (excludes halogenated alkanes) is 1. The quantitative estimate of drug-likeness (QED) is 0.383. The van der Waals surface area contributed by atoms with Crippen molar-refractivity contribution in [2.24, 2.45) is 5.41 Å². The number of rotatable bonds is 9. The molecule has 1 aromatic carbocycles. The molecule has 0 fully saturated rings. The third kappa shape index (κ3) is 5.48. The fourth-order valence-corrected chi connectivity index (χ4v) is 4.05. The molecule has 0 saturated carbocycles. The van der Waals surface area contributed by atoms with Gasteiger partial charge in [0.25, 0.3) is 0 Å². The summed E-state index contributed by atoms with van der Waals surface area (Å²) in [4.78, 5) is 28.1. The minimum absolute atomic E-state index is 0.173. The van der Waals surface area contributed by atoms with Crippen LogP contribution in [0.4, 0.5) is 0 Å². The van der Waals surface area contributed by atoms with Crippen LogP contribution in [-0.4, -0.2) is 39.0 Å². The Kier molecular flexibility index (Phi) is 7.30. The maximum atomic E-state index is 12.0. The molecule has 1 heterocycles. The second-order valence-corrected chi connectivity index (χ2v) is 8.53. The fraction of sp³-hybridized carbons (Fsp3) is 0.550. The highest BCUT2D eigenvalue weighted by atomic mass is 32.2. The van der Waals surface area contributed by atoms with Gasteiger partial charge in [-0.15, -0.1) is 0 Å². The van der Waals surface area contributed by atoms with E-state index in [-0.39, 0.29) is 5.97 Å². The molecule has 0 amide bonds. The number of para-hydroxylation sites is 2. The predicted molar refractivity (Wildman–Crippen MR) is 107 cm³/mol. The normalized spacial score (nSPS) is 12.9. The first kappa shape index (κ1) is 21.3. The summed E-state index contributed by atoms with van der Waals surface area (Å²) in [5, 5.41) is 10.6. The summed E-state index contributed by atoms with van der Waals surface area (Å²) in [5.41, 5.74) is 1.16. The smallest absolute Gasteiger partial charge is 0.327 e. The summed E-state index contributed by atoms with van der Waals surface area (Å²) in [6.45, 7) is 7.98. The van der Waals surface area contributed by atoms with Gasteiger partial charge < -0.3 is 14.4 Å². The van der Waals surface area contributed by atoms with Crippen molar-refractivity contribution in [1.82, 2.24) is 9.55 Å². The molecule has 0 spiro atoms. The Morgan fingerprint density at radius 3 is 2.59 bits per heavy atom. The molecule has 0 bridgehead atoms. The predicted octanol–water partition coefficient (Wildman–Crippen LogP) is 4.53. The van der Waals surface area contributed by atoms with Crippen molar-refractivity contribution in [2.75, 3.05) is 12.4 Å². The van der Waals surface area contributed by atoms with Crippen LogP contribution in [0.3, 0.4) is 0 Å². The molecule has 0 saturated heterocycles. The summed E-state index contributed by atoms with van der Waals surface area (Å²) < 4.78 is 6.77. The zero-order chi connectivity index (χ0) is 20.0. The van der Waals surface area contributed by atoms with E-state index in [0.717, 1.165) is 29.6 Å². The molecule has 0 radical (unpaired) electrons. The number of fused-ring (bicyclic) bond motifs is 1. The third-order valence-electron chi connectivity index (χ3n) is 4.19. The van der Waals surface area contributed by atoms with Crippen molar-refractivity contribution in [1.29, 1.82) is 0 Å². The Bertz CT molecular complexity index is 795. The first-order chi connectivity index (χ1) is 12.8. The van der Waals surface area contributed by atoms with Crippen LogP contribution in [0.25, 0.3) is 11.0 Å². The number of carbonyl (C=O) groups is 2. The molecule has 1 atom stereocenters. The van der Waals surface area contributed by atoms with Crippen molar-refractivity contribution < 1.29 is 19.4 Å². The van der Waals surface area contributed by atoms with Gasteiger partial charge in [-0.1, -0.05) is 44.7 Å². The van der Waals surface area contributed by atoms with Gasteiger partial charge in [-0.3, -0.25) is 4.79 Å². The van der Waals surface area contributed by atoms with Crippen molar-refractivity contribution in [2.45, 2.75) is 58.2 Å². The van der Waals surface area contributed by atoms with Crippen LogP contribution in [0, 0.1) is 5.41 Å². The molecule has 0 aliphatic carbocycles. The number of aliphatic carboxylic acids is 1. The summed E-state index contributed by atoms with van der Waals surface area (Å²) >= 11 is 1.54. The summed E-state index contributed by atoms with van der Waals surface area (Å²) in [6, 6.07) is 6.90. The number of hydrogen-bond acceptors (Lipinski definition) is 5. The second-order valence-electron chi connectivity index (χ2n) is 7.47. The van der Waals surface area contributed by atoms with E-state index in [1.54, 1.807) is 6.92 Å². The molecule has 6 nitrogen and oxygen atoms in total. The molecule has 27 heavy (non-hydrogen) atoms. The van der Waals surface area contributed by atoms with E-state index < -0.39 is 17.4 Å². The Balaban J connectivity index is 2.19. The summed E-state index contributed by atoms with van der Waals surface area (Å²) in [7, 11) is 0. The number of carboxylic acids is 1. The van der Waals surface area contributed by atoms with E-state index in [0.29, 0.717) is 18.2 Å². The average molecular weight is 393 g/mol. The average Bonchev–Trinajstić information content (AvgIpc) is 2.91. The van der Waals surface area contributed by atoms with Gasteiger partial charge in [-0.05, 0) is 37.3 Å². The van der Waals surface area contributed by atoms with Gasteiger partial charge in [0.2, 0.25) is 0 Å². The van der Waals surface area contributed by atoms with Gasteiger partial charge in [0.15, 0.2) is 5.16 Å². The number of carboxylic acid groups (broad SMARTS) is 1. The number of nitrogens with zero attached hydrogens (tertiary/aromatic N) is 2. The van der Waals surface area contributed by atoms with Crippen molar-refractivity contribution in [3.63, 3.8) is 0 Å². The van der Waals surface area contributed by atoms with Gasteiger partial charge in [0.1, 0.15) is 6.04 Å². The van der Waals surface area contributed by atoms with Crippen LogP contribution in [0.5, 0.6) is 0 Å². The Labute approximate surface area is 164 Å². The van der Waals surface area contributed by atoms with Crippen LogP contribution in [0.1, 0.15) is 53.0 Å². The van der Waals surface area contributed by atoms with E-state index in [4.69, 9.17) is 4.74 Å². The lowest BCUT2D eigenvalue weighted by molar-refractivity contribution is -0.145. The monoisotopic (exact) mass is 392 g/mol. The number of benzene rings is 1. The van der Waals surface area contributed by atoms with E-state index in [1.807, 2.05) is 49.6 Å². The minimum Gasteiger partial charge on any atom is -0.480 e. The van der Waals surface area contributed by atoms with Crippen LogP contribution in [0.15, 0.2) is 29.4 Å². The van der Waals surface area contributed by atoms with Gasteiger partial charge in [0, 0.05) is 12.2 Å². The molecule has 0 aliphatic heterocycles. The van der Waals surface area contributed by atoms with Gasteiger partial charge in [-0.2, -0.15) is 0 Å². The lowest BCUT2D eigenvalue weighted by Crippen LogP contribution is -2.32. The molecule has 1 aromatic heterocycles. The van der Waals surface area contributed by atoms with E-state index in [2.05, 4.69) is 4.98 Å². The van der Waals surface area contributed by atoms with Crippen LogP contribution >= 0.6 is 11.8 Å². The van der Waals surface area contributed by atoms with Crippen molar-refractivity contribution in [3.05, 3.63) is 24.3 Å². The molecule has 1 N–H and O–H groups in total. The summed E-state index contributed by atoms with van der Waals surface area (Å²) in [5.74, 6) is -0.276. The standard InChI is InChI=1S/C20H28N2O4S/c1-5-26-16(23)12-8-9-13-27-19-21-14-10-6-7-11-15(14)22(19)17(18(24)25)20(2,3)4/h6-7,10-11,17H,5,8-9,12-13H2,1-4H3,(H,24,25). The lowest BCUT2D eigenvalue weighted by atomic mass is 9.86. The number of aromatic nitrogens is 2. The van der Waals surface area contributed by atoms with E-state index >= 15 is 0 Å². The molecule has 7 heteroatoms. The van der Waals surface area contributed by atoms with Crippen molar-refractivity contribution in [3.8, 4) is 0 Å². The van der Waals surface area contributed by atoms with Crippen LogP contribution in [0.2, 0.25) is 0 Å². The zero-order valence-electron chi connectivity index (χ0n) is 16.4. The van der Waals surface area contributed by atoms with E-state index in [9.17, 15) is 14.7 Å². The molecular formula is C20H28N2O4S. The number of thioether (sulfide) groups is 1. The number of hydrogen-bond donors (Lipinski definition) is 1. The SMILES string of the molecule is CCOC(=O)CCCCSc1nc2ccccc2n1C(C(=O)O)C(C)(C)C. The Hall–Kier alpha value is -2.02. The first-order valence-electron chi connectivity index (χ1n) is 9.24. The van der Waals surface area contributed by atoms with Gasteiger partial charge in [-0.25, -0.2) is 9.78 Å². The number of esters is 1. The van der Waals surface area contributed by atoms with Crippen LogP contribution in [-0.2, 0) is 14.3 Å². The van der Waals surface area contributed by atoms with Crippen LogP contribution < -0.4 is 0 Å². The molecule has 2 rings (SSSR count). The highest BCUT2D eigenvalue weighted by Gasteiger charge is 2.35. The molecule has 1 unspecified atom stereocenters. The fourth-order valence-electron chi connectivity index (χ4n) is 3.01.